The monoisotopic (exact) mass is 240 g/mol. The molecule has 0 unspecified atom stereocenters. The van der Waals surface area contributed by atoms with Gasteiger partial charge in [0, 0.05) is 18.5 Å². The summed E-state index contributed by atoms with van der Waals surface area (Å²) >= 11 is 0. The number of carbonyl (C=O) groups excluding carboxylic acids is 1. The fourth-order valence-electron chi connectivity index (χ4n) is 2.97. The molecule has 1 heterocycles. The first-order chi connectivity index (χ1) is 8.22. The molecular weight excluding hydrogens is 216 g/mol. The van der Waals surface area contributed by atoms with Crippen molar-refractivity contribution in [1.29, 1.82) is 0 Å². The minimum Gasteiger partial charge on any atom is -0.377 e. The predicted molar refractivity (Wildman–Crippen MR) is 66.5 cm³/mol. The van der Waals surface area contributed by atoms with Crippen LogP contribution in [0, 0.1) is 5.92 Å². The van der Waals surface area contributed by atoms with Gasteiger partial charge in [0.25, 0.3) is 0 Å². The second kappa shape index (κ2) is 5.83. The van der Waals surface area contributed by atoms with Crippen LogP contribution in [0.4, 0.5) is 0 Å². The molecule has 4 heteroatoms. The van der Waals surface area contributed by atoms with Gasteiger partial charge in [-0.15, -0.1) is 0 Å². The van der Waals surface area contributed by atoms with E-state index in [9.17, 15) is 4.79 Å². The number of nitrogens with zero attached hydrogens (tertiary/aromatic N) is 1. The maximum Gasteiger partial charge on any atom is 0.226 e. The van der Waals surface area contributed by atoms with Crippen molar-refractivity contribution in [2.24, 2.45) is 11.7 Å². The lowest BCUT2D eigenvalue weighted by Crippen LogP contribution is -2.51. The van der Waals surface area contributed by atoms with Crippen molar-refractivity contribution in [2.45, 2.75) is 51.1 Å². The van der Waals surface area contributed by atoms with Crippen LogP contribution < -0.4 is 5.73 Å². The largest absolute Gasteiger partial charge is 0.377 e. The van der Waals surface area contributed by atoms with Gasteiger partial charge >= 0.3 is 0 Å². The lowest BCUT2D eigenvalue weighted by atomic mass is 9.85. The second-order valence-electron chi connectivity index (χ2n) is 5.29. The standard InChI is InChI=1S/C13H24N2O2/c1-2-12-9-17-7-6-15(12)13(16)10-4-3-5-11(14)8-10/h10-12H,2-9,14H2,1H3/t10-,11-,12-/m1/s1. The van der Waals surface area contributed by atoms with E-state index in [0.29, 0.717) is 19.1 Å². The third-order valence-electron chi connectivity index (χ3n) is 4.05. The number of carbonyl (C=O) groups is 1. The Morgan fingerprint density at radius 3 is 3.00 bits per heavy atom. The van der Waals surface area contributed by atoms with E-state index in [1.54, 1.807) is 0 Å². The van der Waals surface area contributed by atoms with Crippen molar-refractivity contribution in [2.75, 3.05) is 19.8 Å². The molecule has 0 aromatic heterocycles. The molecule has 1 saturated heterocycles. The summed E-state index contributed by atoms with van der Waals surface area (Å²) in [5.41, 5.74) is 5.96. The van der Waals surface area contributed by atoms with E-state index in [1.807, 2.05) is 4.90 Å². The normalized spacial score (nSPS) is 34.7. The average molecular weight is 240 g/mol. The average Bonchev–Trinajstić information content (AvgIpc) is 2.38. The maximum atomic E-state index is 12.5. The zero-order valence-corrected chi connectivity index (χ0v) is 10.7. The zero-order valence-electron chi connectivity index (χ0n) is 10.7. The molecule has 0 aromatic rings. The van der Waals surface area contributed by atoms with Crippen LogP contribution in [0.2, 0.25) is 0 Å². The summed E-state index contributed by atoms with van der Waals surface area (Å²) < 4.78 is 5.44. The summed E-state index contributed by atoms with van der Waals surface area (Å²) in [5.74, 6) is 0.473. The quantitative estimate of drug-likeness (QED) is 0.787. The fraction of sp³-hybridized carbons (Fsp3) is 0.923. The van der Waals surface area contributed by atoms with E-state index < -0.39 is 0 Å². The van der Waals surface area contributed by atoms with Crippen molar-refractivity contribution in [3.05, 3.63) is 0 Å². The van der Waals surface area contributed by atoms with Crippen LogP contribution in [0.5, 0.6) is 0 Å². The smallest absolute Gasteiger partial charge is 0.226 e. The van der Waals surface area contributed by atoms with Crippen LogP contribution in [-0.4, -0.2) is 42.6 Å². The topological polar surface area (TPSA) is 55.6 Å². The number of nitrogens with two attached hydrogens (primary N) is 1. The predicted octanol–water partition coefficient (Wildman–Crippen LogP) is 1.14. The Kier molecular flexibility index (Phi) is 4.40. The van der Waals surface area contributed by atoms with E-state index in [1.165, 1.54) is 0 Å². The molecule has 1 aliphatic carbocycles. The number of amides is 1. The summed E-state index contributed by atoms with van der Waals surface area (Å²) in [4.78, 5) is 14.5. The van der Waals surface area contributed by atoms with Gasteiger partial charge in [-0.2, -0.15) is 0 Å². The molecule has 2 N–H and O–H groups in total. The maximum absolute atomic E-state index is 12.5. The molecule has 17 heavy (non-hydrogen) atoms. The molecule has 4 nitrogen and oxygen atoms in total. The third-order valence-corrected chi connectivity index (χ3v) is 4.05. The summed E-state index contributed by atoms with van der Waals surface area (Å²) in [7, 11) is 0. The summed E-state index contributed by atoms with van der Waals surface area (Å²) in [6.07, 6.45) is 5.03. The summed E-state index contributed by atoms with van der Waals surface area (Å²) in [5, 5.41) is 0. The summed E-state index contributed by atoms with van der Waals surface area (Å²) in [6, 6.07) is 0.494. The van der Waals surface area contributed by atoms with Gasteiger partial charge in [0.15, 0.2) is 0 Å². The van der Waals surface area contributed by atoms with Crippen LogP contribution in [0.25, 0.3) is 0 Å². The van der Waals surface area contributed by atoms with Gasteiger partial charge in [-0.05, 0) is 25.7 Å². The third kappa shape index (κ3) is 2.99. The Labute approximate surface area is 103 Å². The van der Waals surface area contributed by atoms with Gasteiger partial charge in [-0.25, -0.2) is 0 Å². The number of hydrogen-bond acceptors (Lipinski definition) is 3. The highest BCUT2D eigenvalue weighted by atomic mass is 16.5. The molecule has 1 saturated carbocycles. The van der Waals surface area contributed by atoms with Crippen molar-refractivity contribution in [3.63, 3.8) is 0 Å². The molecule has 0 spiro atoms. The lowest BCUT2D eigenvalue weighted by Gasteiger charge is -2.38. The molecule has 0 radical (unpaired) electrons. The van der Waals surface area contributed by atoms with E-state index in [-0.39, 0.29) is 18.0 Å². The van der Waals surface area contributed by atoms with Crippen LogP contribution in [-0.2, 0) is 9.53 Å². The van der Waals surface area contributed by atoms with Crippen LogP contribution >= 0.6 is 0 Å². The SMILES string of the molecule is CC[C@@H]1COCCN1C(=O)[C@@H]1CCC[C@@H](N)C1. The van der Waals surface area contributed by atoms with Crippen molar-refractivity contribution in [3.8, 4) is 0 Å². The Morgan fingerprint density at radius 2 is 2.29 bits per heavy atom. The first kappa shape index (κ1) is 12.8. The van der Waals surface area contributed by atoms with Crippen LogP contribution in [0.1, 0.15) is 39.0 Å². The fourth-order valence-corrected chi connectivity index (χ4v) is 2.97. The van der Waals surface area contributed by atoms with Gasteiger partial charge in [-0.1, -0.05) is 13.3 Å². The lowest BCUT2D eigenvalue weighted by molar-refractivity contribution is -0.145. The zero-order chi connectivity index (χ0) is 12.3. The van der Waals surface area contributed by atoms with Crippen LogP contribution in [0.15, 0.2) is 0 Å². The van der Waals surface area contributed by atoms with E-state index >= 15 is 0 Å². The van der Waals surface area contributed by atoms with Gasteiger partial charge in [0.05, 0.1) is 19.3 Å². The van der Waals surface area contributed by atoms with E-state index in [2.05, 4.69) is 6.92 Å². The molecule has 1 aliphatic heterocycles. The van der Waals surface area contributed by atoms with Gasteiger partial charge < -0.3 is 15.4 Å². The highest BCUT2D eigenvalue weighted by Crippen LogP contribution is 2.26. The molecule has 0 bridgehead atoms. The highest BCUT2D eigenvalue weighted by molar-refractivity contribution is 5.79. The van der Waals surface area contributed by atoms with Crippen LogP contribution in [0.3, 0.4) is 0 Å². The van der Waals surface area contributed by atoms with Gasteiger partial charge in [0.2, 0.25) is 5.91 Å². The Balaban J connectivity index is 1.97. The first-order valence-electron chi connectivity index (χ1n) is 6.86. The molecule has 2 rings (SSSR count). The molecule has 98 valence electrons. The molecule has 0 aromatic carbocycles. The molecule has 2 aliphatic rings. The Hall–Kier alpha value is -0.610. The number of ether oxygens (including phenoxy) is 1. The van der Waals surface area contributed by atoms with Crippen molar-refractivity contribution < 1.29 is 9.53 Å². The molecule has 2 fully saturated rings. The van der Waals surface area contributed by atoms with E-state index in [0.717, 1.165) is 38.6 Å². The molecular formula is C13H24N2O2. The number of hydrogen-bond donors (Lipinski definition) is 1. The van der Waals surface area contributed by atoms with Crippen molar-refractivity contribution in [1.82, 2.24) is 4.90 Å². The number of morpholine rings is 1. The second-order valence-corrected chi connectivity index (χ2v) is 5.29. The van der Waals surface area contributed by atoms with Crippen molar-refractivity contribution >= 4 is 5.91 Å². The molecule has 1 amide bonds. The first-order valence-corrected chi connectivity index (χ1v) is 6.86. The van der Waals surface area contributed by atoms with Gasteiger partial charge in [-0.3, -0.25) is 4.79 Å². The minimum atomic E-state index is 0.158. The Morgan fingerprint density at radius 1 is 1.47 bits per heavy atom. The molecule has 3 atom stereocenters. The minimum absolute atomic E-state index is 0.158. The summed E-state index contributed by atoms with van der Waals surface area (Å²) in [6.45, 7) is 4.25. The van der Waals surface area contributed by atoms with Gasteiger partial charge in [0.1, 0.15) is 0 Å². The van der Waals surface area contributed by atoms with E-state index in [4.69, 9.17) is 10.5 Å². The highest BCUT2D eigenvalue weighted by Gasteiger charge is 2.33. The Bertz CT molecular complexity index is 270. The number of rotatable bonds is 2.